The highest BCUT2D eigenvalue weighted by Gasteiger charge is 2.11. The molecule has 0 aliphatic heterocycles. The molecule has 118 valence electrons. The minimum absolute atomic E-state index is 0.0474. The fourth-order valence-electron chi connectivity index (χ4n) is 1.92. The molecule has 1 aromatic carbocycles. The number of unbranched alkanes of at least 4 members (excludes halogenated alkanes) is 3. The zero-order chi connectivity index (χ0) is 15.7. The Balaban J connectivity index is 2.43. The van der Waals surface area contributed by atoms with Crippen molar-refractivity contribution in [3.63, 3.8) is 0 Å². The number of nitrogens with one attached hydrogen (secondary N) is 1. The van der Waals surface area contributed by atoms with Gasteiger partial charge in [0.15, 0.2) is 9.84 Å². The SMILES string of the molecule is CCS(=O)(=O)c1ccc(NC(=O)CCCCCCN)cc1. The summed E-state index contributed by atoms with van der Waals surface area (Å²) in [4.78, 5) is 12.0. The molecule has 0 aliphatic rings. The summed E-state index contributed by atoms with van der Waals surface area (Å²) in [6, 6.07) is 6.29. The fourth-order valence-corrected chi connectivity index (χ4v) is 2.80. The van der Waals surface area contributed by atoms with Gasteiger partial charge in [0.05, 0.1) is 10.6 Å². The van der Waals surface area contributed by atoms with E-state index in [0.717, 1.165) is 25.7 Å². The normalized spacial score (nSPS) is 11.3. The van der Waals surface area contributed by atoms with Crippen molar-refractivity contribution in [2.24, 2.45) is 5.73 Å². The van der Waals surface area contributed by atoms with Crippen LogP contribution in [0.25, 0.3) is 0 Å². The van der Waals surface area contributed by atoms with E-state index in [9.17, 15) is 13.2 Å². The average molecular weight is 312 g/mol. The van der Waals surface area contributed by atoms with E-state index in [-0.39, 0.29) is 16.6 Å². The number of rotatable bonds is 9. The van der Waals surface area contributed by atoms with Gasteiger partial charge < -0.3 is 11.1 Å². The lowest BCUT2D eigenvalue weighted by atomic mass is 10.1. The quantitative estimate of drug-likeness (QED) is 0.685. The summed E-state index contributed by atoms with van der Waals surface area (Å²) in [5.74, 6) is 0.0236. The highest BCUT2D eigenvalue weighted by Crippen LogP contribution is 2.15. The summed E-state index contributed by atoms with van der Waals surface area (Å²) in [7, 11) is -3.19. The molecule has 0 radical (unpaired) electrons. The number of carbonyl (C=O) groups excluding carboxylic acids is 1. The molecule has 0 aromatic heterocycles. The number of hydrogen-bond donors (Lipinski definition) is 2. The lowest BCUT2D eigenvalue weighted by Gasteiger charge is -2.06. The minimum Gasteiger partial charge on any atom is -0.330 e. The van der Waals surface area contributed by atoms with Crippen LogP contribution in [0, 0.1) is 0 Å². The van der Waals surface area contributed by atoms with Crippen LogP contribution >= 0.6 is 0 Å². The molecule has 0 aliphatic carbocycles. The second-order valence-corrected chi connectivity index (χ2v) is 7.21. The monoisotopic (exact) mass is 312 g/mol. The zero-order valence-electron chi connectivity index (χ0n) is 12.5. The van der Waals surface area contributed by atoms with Gasteiger partial charge in [-0.05, 0) is 43.7 Å². The van der Waals surface area contributed by atoms with Gasteiger partial charge in [0.2, 0.25) is 5.91 Å². The smallest absolute Gasteiger partial charge is 0.224 e. The van der Waals surface area contributed by atoms with Crippen molar-refractivity contribution in [2.45, 2.75) is 43.9 Å². The van der Waals surface area contributed by atoms with E-state index < -0.39 is 9.84 Å². The Kier molecular flexibility index (Phi) is 7.39. The molecule has 0 bridgehead atoms. The topological polar surface area (TPSA) is 89.3 Å². The van der Waals surface area contributed by atoms with Crippen LogP contribution in [0.5, 0.6) is 0 Å². The van der Waals surface area contributed by atoms with Gasteiger partial charge in [-0.25, -0.2) is 8.42 Å². The molecule has 21 heavy (non-hydrogen) atoms. The van der Waals surface area contributed by atoms with Gasteiger partial charge in [-0.2, -0.15) is 0 Å². The molecule has 1 amide bonds. The van der Waals surface area contributed by atoms with Gasteiger partial charge in [0, 0.05) is 12.1 Å². The molecule has 0 spiro atoms. The Morgan fingerprint density at radius 3 is 2.29 bits per heavy atom. The molecule has 6 heteroatoms. The Morgan fingerprint density at radius 2 is 1.71 bits per heavy atom. The molecule has 0 heterocycles. The molecule has 3 N–H and O–H groups in total. The first-order valence-corrected chi connectivity index (χ1v) is 8.97. The second-order valence-electron chi connectivity index (χ2n) is 4.93. The number of amides is 1. The Morgan fingerprint density at radius 1 is 1.10 bits per heavy atom. The summed E-state index contributed by atoms with van der Waals surface area (Å²) < 4.78 is 23.3. The maximum Gasteiger partial charge on any atom is 0.224 e. The minimum atomic E-state index is -3.19. The Labute approximate surface area is 126 Å². The van der Waals surface area contributed by atoms with Crippen molar-refractivity contribution >= 4 is 21.4 Å². The van der Waals surface area contributed by atoms with Gasteiger partial charge in [0.1, 0.15) is 0 Å². The highest BCUT2D eigenvalue weighted by atomic mass is 32.2. The van der Waals surface area contributed by atoms with Crippen LogP contribution in [0.3, 0.4) is 0 Å². The molecule has 0 saturated heterocycles. The van der Waals surface area contributed by atoms with Crippen molar-refractivity contribution in [1.29, 1.82) is 0 Å². The number of nitrogens with two attached hydrogens (primary N) is 1. The number of hydrogen-bond acceptors (Lipinski definition) is 4. The summed E-state index contributed by atoms with van der Waals surface area (Å²) in [5.41, 5.74) is 6.03. The van der Waals surface area contributed by atoms with Crippen LogP contribution in [0.15, 0.2) is 29.2 Å². The van der Waals surface area contributed by atoms with Crippen molar-refractivity contribution in [2.75, 3.05) is 17.6 Å². The first-order valence-electron chi connectivity index (χ1n) is 7.32. The molecule has 0 unspecified atom stereocenters. The standard InChI is InChI=1S/C15H24N2O3S/c1-2-21(19,20)14-10-8-13(9-11-14)17-15(18)7-5-3-4-6-12-16/h8-11H,2-7,12,16H2,1H3,(H,17,18). The van der Waals surface area contributed by atoms with E-state index in [1.165, 1.54) is 12.1 Å². The van der Waals surface area contributed by atoms with Crippen LogP contribution in [-0.4, -0.2) is 26.6 Å². The van der Waals surface area contributed by atoms with Crippen LogP contribution in [0.1, 0.15) is 39.0 Å². The number of anilines is 1. The second kappa shape index (κ2) is 8.79. The van der Waals surface area contributed by atoms with Crippen molar-refractivity contribution in [3.8, 4) is 0 Å². The summed E-state index contributed by atoms with van der Waals surface area (Å²) >= 11 is 0. The third kappa shape index (κ3) is 6.27. The van der Waals surface area contributed by atoms with Gasteiger partial charge in [0.25, 0.3) is 0 Å². The molecule has 5 nitrogen and oxygen atoms in total. The van der Waals surface area contributed by atoms with Gasteiger partial charge >= 0.3 is 0 Å². The van der Waals surface area contributed by atoms with E-state index in [1.54, 1.807) is 19.1 Å². The maximum absolute atomic E-state index is 11.7. The lowest BCUT2D eigenvalue weighted by molar-refractivity contribution is -0.116. The lowest BCUT2D eigenvalue weighted by Crippen LogP contribution is -2.11. The van der Waals surface area contributed by atoms with E-state index in [1.807, 2.05) is 0 Å². The molecule has 1 aromatic rings. The largest absolute Gasteiger partial charge is 0.330 e. The van der Waals surface area contributed by atoms with Crippen LogP contribution in [0.4, 0.5) is 5.69 Å². The Hall–Kier alpha value is -1.40. The van der Waals surface area contributed by atoms with E-state index in [0.29, 0.717) is 18.7 Å². The van der Waals surface area contributed by atoms with Gasteiger partial charge in [-0.1, -0.05) is 19.8 Å². The molecule has 0 saturated carbocycles. The first kappa shape index (κ1) is 17.7. The number of carbonyl (C=O) groups is 1. The fraction of sp³-hybridized carbons (Fsp3) is 0.533. The van der Waals surface area contributed by atoms with Crippen LogP contribution in [-0.2, 0) is 14.6 Å². The van der Waals surface area contributed by atoms with E-state index >= 15 is 0 Å². The number of benzene rings is 1. The summed E-state index contributed by atoms with van der Waals surface area (Å²) in [5, 5.41) is 2.77. The zero-order valence-corrected chi connectivity index (χ0v) is 13.3. The van der Waals surface area contributed by atoms with Crippen molar-refractivity contribution < 1.29 is 13.2 Å². The maximum atomic E-state index is 11.7. The predicted molar refractivity (Wildman–Crippen MR) is 84.9 cm³/mol. The van der Waals surface area contributed by atoms with E-state index in [4.69, 9.17) is 5.73 Å². The highest BCUT2D eigenvalue weighted by molar-refractivity contribution is 7.91. The molecular formula is C15H24N2O3S. The van der Waals surface area contributed by atoms with Gasteiger partial charge in [-0.15, -0.1) is 0 Å². The molecule has 0 fully saturated rings. The van der Waals surface area contributed by atoms with Crippen molar-refractivity contribution in [3.05, 3.63) is 24.3 Å². The summed E-state index contributed by atoms with van der Waals surface area (Å²) in [6.45, 7) is 2.30. The molecule has 1 rings (SSSR count). The number of sulfone groups is 1. The van der Waals surface area contributed by atoms with Gasteiger partial charge in [-0.3, -0.25) is 4.79 Å². The van der Waals surface area contributed by atoms with Crippen molar-refractivity contribution in [1.82, 2.24) is 0 Å². The average Bonchev–Trinajstić information content (AvgIpc) is 2.47. The first-order chi connectivity index (χ1) is 9.99. The third-order valence-electron chi connectivity index (χ3n) is 3.24. The van der Waals surface area contributed by atoms with E-state index in [2.05, 4.69) is 5.32 Å². The van der Waals surface area contributed by atoms with Crippen LogP contribution < -0.4 is 11.1 Å². The third-order valence-corrected chi connectivity index (χ3v) is 4.99. The Bertz CT molecular complexity index is 539. The van der Waals surface area contributed by atoms with Crippen LogP contribution in [0.2, 0.25) is 0 Å². The predicted octanol–water partition coefficient (Wildman–Crippen LogP) is 2.33. The summed E-state index contributed by atoms with van der Waals surface area (Å²) in [6.07, 6.45) is 4.36. The molecular weight excluding hydrogens is 288 g/mol. The molecule has 0 atom stereocenters.